The third-order valence-electron chi connectivity index (χ3n) is 3.64. The summed E-state index contributed by atoms with van der Waals surface area (Å²) in [5.41, 5.74) is 6.23. The second-order valence-corrected chi connectivity index (χ2v) is 4.97. The molecule has 1 aliphatic carbocycles. The van der Waals surface area contributed by atoms with Crippen LogP contribution in [-0.4, -0.2) is 22.9 Å². The SMILES string of the molecule is CCN(C(=O)C1(N)CC1)C(C)c1ccc(F)cc1. The molecule has 2 N–H and O–H groups in total. The van der Waals surface area contributed by atoms with Gasteiger partial charge < -0.3 is 10.6 Å². The zero-order valence-corrected chi connectivity index (χ0v) is 10.8. The van der Waals surface area contributed by atoms with E-state index in [0.717, 1.165) is 18.4 Å². The number of carbonyl (C=O) groups is 1. The summed E-state index contributed by atoms with van der Waals surface area (Å²) in [6, 6.07) is 6.18. The molecule has 1 aromatic carbocycles. The van der Waals surface area contributed by atoms with Gasteiger partial charge >= 0.3 is 0 Å². The molecule has 4 heteroatoms. The zero-order chi connectivity index (χ0) is 13.3. The maximum absolute atomic E-state index is 12.9. The molecule has 18 heavy (non-hydrogen) atoms. The fourth-order valence-electron chi connectivity index (χ4n) is 2.15. The molecular formula is C14H19FN2O. The third-order valence-corrected chi connectivity index (χ3v) is 3.64. The Morgan fingerprint density at radius 2 is 2.00 bits per heavy atom. The van der Waals surface area contributed by atoms with Crippen molar-refractivity contribution in [2.45, 2.75) is 38.3 Å². The lowest BCUT2D eigenvalue weighted by Crippen LogP contribution is -2.46. The summed E-state index contributed by atoms with van der Waals surface area (Å²) in [6.07, 6.45) is 1.52. The second kappa shape index (κ2) is 4.69. The highest BCUT2D eigenvalue weighted by molar-refractivity contribution is 5.89. The molecule has 0 aliphatic heterocycles. The van der Waals surface area contributed by atoms with Crippen LogP contribution in [0.15, 0.2) is 24.3 Å². The molecule has 0 aromatic heterocycles. The van der Waals surface area contributed by atoms with Gasteiger partial charge in [0.25, 0.3) is 0 Å². The summed E-state index contributed by atoms with van der Waals surface area (Å²) < 4.78 is 12.9. The molecule has 1 unspecified atom stereocenters. The molecule has 1 saturated carbocycles. The first-order valence-corrected chi connectivity index (χ1v) is 6.33. The smallest absolute Gasteiger partial charge is 0.243 e. The Morgan fingerprint density at radius 1 is 1.44 bits per heavy atom. The fourth-order valence-corrected chi connectivity index (χ4v) is 2.15. The summed E-state index contributed by atoms with van der Waals surface area (Å²) in [4.78, 5) is 14.0. The fraction of sp³-hybridized carbons (Fsp3) is 0.500. The monoisotopic (exact) mass is 250 g/mol. The minimum atomic E-state index is -0.649. The molecule has 0 spiro atoms. The average Bonchev–Trinajstić information content (AvgIpc) is 3.10. The van der Waals surface area contributed by atoms with Gasteiger partial charge in [0.1, 0.15) is 5.82 Å². The standard InChI is InChI=1S/C14H19FN2O/c1-3-17(13(18)14(16)8-9-14)10(2)11-4-6-12(15)7-5-11/h4-7,10H,3,8-9,16H2,1-2H3. The van der Waals surface area contributed by atoms with Crippen LogP contribution in [0, 0.1) is 5.82 Å². The Bertz CT molecular complexity index is 440. The predicted octanol–water partition coefficient (Wildman–Crippen LogP) is 2.23. The van der Waals surface area contributed by atoms with Crippen LogP contribution in [-0.2, 0) is 4.79 Å². The number of hydrogen-bond donors (Lipinski definition) is 1. The Labute approximate surface area is 107 Å². The summed E-state index contributed by atoms with van der Waals surface area (Å²) >= 11 is 0. The highest BCUT2D eigenvalue weighted by Gasteiger charge is 2.48. The van der Waals surface area contributed by atoms with Crippen LogP contribution in [0.25, 0.3) is 0 Å². The van der Waals surface area contributed by atoms with E-state index >= 15 is 0 Å². The van der Waals surface area contributed by atoms with Crippen molar-refractivity contribution in [1.82, 2.24) is 4.90 Å². The number of likely N-dealkylation sites (N-methyl/N-ethyl adjacent to an activating group) is 1. The number of carbonyl (C=O) groups excluding carboxylic acids is 1. The highest BCUT2D eigenvalue weighted by atomic mass is 19.1. The Balaban J connectivity index is 2.17. The lowest BCUT2D eigenvalue weighted by molar-refractivity contribution is -0.135. The molecule has 98 valence electrons. The minimum Gasteiger partial charge on any atom is -0.335 e. The van der Waals surface area contributed by atoms with E-state index in [9.17, 15) is 9.18 Å². The van der Waals surface area contributed by atoms with Gasteiger partial charge in [-0.05, 0) is 44.4 Å². The van der Waals surface area contributed by atoms with Crippen molar-refractivity contribution in [3.8, 4) is 0 Å². The lowest BCUT2D eigenvalue weighted by Gasteiger charge is -2.30. The maximum atomic E-state index is 12.9. The number of rotatable bonds is 4. The first kappa shape index (κ1) is 13.0. The van der Waals surface area contributed by atoms with Gasteiger partial charge in [-0.15, -0.1) is 0 Å². The first-order valence-electron chi connectivity index (χ1n) is 6.33. The first-order chi connectivity index (χ1) is 8.48. The molecule has 0 heterocycles. The van der Waals surface area contributed by atoms with Crippen molar-refractivity contribution in [3.05, 3.63) is 35.6 Å². The number of halogens is 1. The molecule has 0 saturated heterocycles. The molecule has 0 radical (unpaired) electrons. The van der Waals surface area contributed by atoms with Crippen LogP contribution in [0.1, 0.15) is 38.3 Å². The van der Waals surface area contributed by atoms with E-state index in [1.807, 2.05) is 13.8 Å². The normalized spacial score (nSPS) is 18.2. The molecular weight excluding hydrogens is 231 g/mol. The van der Waals surface area contributed by atoms with E-state index in [4.69, 9.17) is 5.73 Å². The van der Waals surface area contributed by atoms with Gasteiger partial charge in [-0.25, -0.2) is 4.39 Å². The molecule has 1 aromatic rings. The summed E-state index contributed by atoms with van der Waals surface area (Å²) in [6.45, 7) is 4.49. The van der Waals surface area contributed by atoms with Gasteiger partial charge in [-0.1, -0.05) is 12.1 Å². The van der Waals surface area contributed by atoms with E-state index in [-0.39, 0.29) is 17.8 Å². The van der Waals surface area contributed by atoms with Crippen LogP contribution >= 0.6 is 0 Å². The van der Waals surface area contributed by atoms with Gasteiger partial charge in [0.2, 0.25) is 5.91 Å². The van der Waals surface area contributed by atoms with Gasteiger partial charge in [-0.3, -0.25) is 4.79 Å². The van der Waals surface area contributed by atoms with Gasteiger partial charge in [0.15, 0.2) is 0 Å². The number of benzene rings is 1. The van der Waals surface area contributed by atoms with E-state index in [1.165, 1.54) is 12.1 Å². The quantitative estimate of drug-likeness (QED) is 0.890. The third kappa shape index (κ3) is 2.38. The lowest BCUT2D eigenvalue weighted by atomic mass is 10.1. The molecule has 3 nitrogen and oxygen atoms in total. The maximum Gasteiger partial charge on any atom is 0.243 e. The number of nitrogens with zero attached hydrogens (tertiary/aromatic N) is 1. The predicted molar refractivity (Wildman–Crippen MR) is 68.4 cm³/mol. The van der Waals surface area contributed by atoms with Crippen molar-refractivity contribution in [1.29, 1.82) is 0 Å². The highest BCUT2D eigenvalue weighted by Crippen LogP contribution is 2.36. The minimum absolute atomic E-state index is 0.00169. The van der Waals surface area contributed by atoms with E-state index < -0.39 is 5.54 Å². The van der Waals surface area contributed by atoms with Crippen LogP contribution in [0.3, 0.4) is 0 Å². The summed E-state index contributed by atoms with van der Waals surface area (Å²) in [7, 11) is 0. The van der Waals surface area contributed by atoms with Crippen LogP contribution in [0.5, 0.6) is 0 Å². The molecule has 1 fully saturated rings. The molecule has 1 atom stereocenters. The van der Waals surface area contributed by atoms with Crippen LogP contribution < -0.4 is 5.73 Å². The van der Waals surface area contributed by atoms with Crippen molar-refractivity contribution >= 4 is 5.91 Å². The topological polar surface area (TPSA) is 46.3 Å². The second-order valence-electron chi connectivity index (χ2n) is 4.97. The number of hydrogen-bond acceptors (Lipinski definition) is 2. The summed E-state index contributed by atoms with van der Waals surface area (Å²) in [5.74, 6) is -0.264. The largest absolute Gasteiger partial charge is 0.335 e. The molecule has 1 aliphatic rings. The molecule has 1 amide bonds. The number of nitrogens with two attached hydrogens (primary N) is 1. The van der Waals surface area contributed by atoms with Gasteiger partial charge in [0.05, 0.1) is 11.6 Å². The van der Waals surface area contributed by atoms with E-state index in [2.05, 4.69) is 0 Å². The average molecular weight is 250 g/mol. The zero-order valence-electron chi connectivity index (χ0n) is 10.8. The van der Waals surface area contributed by atoms with Gasteiger partial charge in [0, 0.05) is 6.54 Å². The summed E-state index contributed by atoms with van der Waals surface area (Å²) in [5, 5.41) is 0. The van der Waals surface area contributed by atoms with E-state index in [0.29, 0.717) is 6.54 Å². The van der Waals surface area contributed by atoms with Crippen LogP contribution in [0.4, 0.5) is 4.39 Å². The van der Waals surface area contributed by atoms with Crippen molar-refractivity contribution in [2.75, 3.05) is 6.54 Å². The van der Waals surface area contributed by atoms with Crippen molar-refractivity contribution < 1.29 is 9.18 Å². The van der Waals surface area contributed by atoms with Crippen molar-refractivity contribution in [3.63, 3.8) is 0 Å². The Kier molecular flexibility index (Phi) is 3.39. The number of amides is 1. The molecule has 0 bridgehead atoms. The van der Waals surface area contributed by atoms with Crippen LogP contribution in [0.2, 0.25) is 0 Å². The Morgan fingerprint density at radius 3 is 2.44 bits per heavy atom. The molecule has 2 rings (SSSR count). The Hall–Kier alpha value is -1.42. The van der Waals surface area contributed by atoms with E-state index in [1.54, 1.807) is 17.0 Å². The van der Waals surface area contributed by atoms with Gasteiger partial charge in [-0.2, -0.15) is 0 Å². The van der Waals surface area contributed by atoms with Crippen molar-refractivity contribution in [2.24, 2.45) is 5.73 Å².